The SMILES string of the molecule is O=[N+]([O-])c1nonc1Oc1nonc1N1CCOCC1. The molecule has 1 aliphatic heterocycles. The fourth-order valence-electron chi connectivity index (χ4n) is 1.65. The smallest absolute Gasteiger partial charge is 0.405 e. The average Bonchev–Trinajstić information content (AvgIpc) is 3.09. The maximum absolute atomic E-state index is 10.7. The third kappa shape index (κ3) is 2.23. The Labute approximate surface area is 110 Å². The molecule has 106 valence electrons. The Balaban J connectivity index is 1.82. The quantitative estimate of drug-likeness (QED) is 0.552. The van der Waals surface area contributed by atoms with E-state index >= 15 is 0 Å². The van der Waals surface area contributed by atoms with E-state index in [2.05, 4.69) is 29.9 Å². The number of morpholine rings is 1. The van der Waals surface area contributed by atoms with E-state index in [9.17, 15) is 10.1 Å². The molecule has 0 bridgehead atoms. The summed E-state index contributed by atoms with van der Waals surface area (Å²) in [5.41, 5.74) is 0. The van der Waals surface area contributed by atoms with Crippen LogP contribution in [0.1, 0.15) is 0 Å². The highest BCUT2D eigenvalue weighted by atomic mass is 16.7. The Morgan fingerprint density at radius 3 is 2.55 bits per heavy atom. The van der Waals surface area contributed by atoms with Gasteiger partial charge >= 0.3 is 17.6 Å². The number of aromatic nitrogens is 4. The molecule has 0 saturated carbocycles. The lowest BCUT2D eigenvalue weighted by Gasteiger charge is -2.25. The molecule has 0 spiro atoms. The lowest BCUT2D eigenvalue weighted by Crippen LogP contribution is -2.36. The summed E-state index contributed by atoms with van der Waals surface area (Å²) < 4.78 is 19.2. The Kier molecular flexibility index (Phi) is 3.12. The maximum Gasteiger partial charge on any atom is 0.478 e. The van der Waals surface area contributed by atoms with Crippen LogP contribution in [0.5, 0.6) is 11.8 Å². The van der Waals surface area contributed by atoms with Gasteiger partial charge in [-0.25, -0.2) is 4.63 Å². The van der Waals surface area contributed by atoms with E-state index in [0.717, 1.165) is 0 Å². The van der Waals surface area contributed by atoms with Crippen molar-refractivity contribution >= 4 is 11.6 Å². The van der Waals surface area contributed by atoms with E-state index < -0.39 is 16.6 Å². The Hall–Kier alpha value is -2.76. The first-order chi connectivity index (χ1) is 9.75. The van der Waals surface area contributed by atoms with Gasteiger partial charge in [0, 0.05) is 18.2 Å². The van der Waals surface area contributed by atoms with Crippen molar-refractivity contribution in [3.8, 4) is 11.8 Å². The molecule has 12 heteroatoms. The van der Waals surface area contributed by atoms with Gasteiger partial charge in [-0.3, -0.25) is 0 Å². The summed E-state index contributed by atoms with van der Waals surface area (Å²) in [4.78, 5) is 11.7. The molecule has 3 rings (SSSR count). The lowest BCUT2D eigenvalue weighted by molar-refractivity contribution is -0.391. The molecular weight excluding hydrogens is 276 g/mol. The van der Waals surface area contributed by atoms with E-state index in [1.807, 2.05) is 4.90 Å². The van der Waals surface area contributed by atoms with Crippen LogP contribution in [0.4, 0.5) is 11.6 Å². The molecule has 2 aromatic heterocycles. The molecule has 0 N–H and O–H groups in total. The highest BCUT2D eigenvalue weighted by molar-refractivity contribution is 5.49. The Morgan fingerprint density at radius 2 is 1.80 bits per heavy atom. The van der Waals surface area contributed by atoms with Gasteiger partial charge in [-0.1, -0.05) is 0 Å². The van der Waals surface area contributed by atoms with E-state index in [-0.39, 0.29) is 5.88 Å². The first-order valence-corrected chi connectivity index (χ1v) is 5.56. The minimum atomic E-state index is -0.784. The van der Waals surface area contributed by atoms with Crippen molar-refractivity contribution in [2.75, 3.05) is 31.2 Å². The van der Waals surface area contributed by atoms with Crippen molar-refractivity contribution in [1.82, 2.24) is 20.6 Å². The van der Waals surface area contributed by atoms with E-state index in [4.69, 9.17) is 9.47 Å². The van der Waals surface area contributed by atoms with E-state index in [0.29, 0.717) is 32.1 Å². The number of nitro groups is 1. The standard InChI is InChI=1S/C8H8N6O6/c15-14(16)6-8(12-20-10-6)18-7-5(9-19-11-7)13-1-3-17-4-2-13/h1-4H2. The Morgan fingerprint density at radius 1 is 1.10 bits per heavy atom. The second kappa shape index (κ2) is 5.08. The summed E-state index contributed by atoms with van der Waals surface area (Å²) in [6.45, 7) is 2.20. The molecule has 3 heterocycles. The molecule has 2 aromatic rings. The van der Waals surface area contributed by atoms with Gasteiger partial charge in [-0.15, -0.1) is 4.63 Å². The minimum absolute atomic E-state index is 0.0503. The zero-order chi connectivity index (χ0) is 13.9. The summed E-state index contributed by atoms with van der Waals surface area (Å²) in [5, 5.41) is 24.3. The molecule has 0 aromatic carbocycles. The summed E-state index contributed by atoms with van der Waals surface area (Å²) in [6, 6.07) is 0. The van der Waals surface area contributed by atoms with Crippen molar-refractivity contribution in [1.29, 1.82) is 0 Å². The van der Waals surface area contributed by atoms with Crippen molar-refractivity contribution in [2.24, 2.45) is 0 Å². The normalized spacial score (nSPS) is 15.3. The van der Waals surface area contributed by atoms with E-state index in [1.165, 1.54) is 0 Å². The van der Waals surface area contributed by atoms with Gasteiger partial charge in [-0.2, -0.15) is 0 Å². The summed E-state index contributed by atoms with van der Waals surface area (Å²) in [7, 11) is 0. The topological polar surface area (TPSA) is 143 Å². The molecule has 12 nitrogen and oxygen atoms in total. The van der Waals surface area contributed by atoms with Gasteiger partial charge in [0.1, 0.15) is 0 Å². The largest absolute Gasteiger partial charge is 0.478 e. The molecule has 0 atom stereocenters. The molecule has 0 unspecified atom stereocenters. The van der Waals surface area contributed by atoms with Crippen LogP contribution in [0.3, 0.4) is 0 Å². The number of nitrogens with zero attached hydrogens (tertiary/aromatic N) is 6. The summed E-state index contributed by atoms with van der Waals surface area (Å²) in [5.74, 6) is -0.808. The van der Waals surface area contributed by atoms with Gasteiger partial charge in [0.25, 0.3) is 0 Å². The molecule has 1 fully saturated rings. The second-order valence-electron chi connectivity index (χ2n) is 3.74. The van der Waals surface area contributed by atoms with Crippen LogP contribution in [0, 0.1) is 10.1 Å². The van der Waals surface area contributed by atoms with Crippen LogP contribution in [-0.4, -0.2) is 51.9 Å². The van der Waals surface area contributed by atoms with Crippen LogP contribution in [-0.2, 0) is 4.74 Å². The predicted octanol–water partition coefficient (Wildman–Crippen LogP) is -0.0103. The molecule has 0 aliphatic carbocycles. The summed E-state index contributed by atoms with van der Waals surface area (Å²) >= 11 is 0. The van der Waals surface area contributed by atoms with Gasteiger partial charge < -0.3 is 24.5 Å². The van der Waals surface area contributed by atoms with Crippen LogP contribution in [0.15, 0.2) is 9.26 Å². The maximum atomic E-state index is 10.7. The number of hydrogen-bond donors (Lipinski definition) is 0. The number of rotatable bonds is 4. The lowest BCUT2D eigenvalue weighted by atomic mass is 10.4. The van der Waals surface area contributed by atoms with Crippen LogP contribution in [0.2, 0.25) is 0 Å². The van der Waals surface area contributed by atoms with Gasteiger partial charge in [0.05, 0.1) is 13.2 Å². The Bertz CT molecular complexity index is 604. The number of ether oxygens (including phenoxy) is 2. The van der Waals surface area contributed by atoms with Crippen molar-refractivity contribution in [3.63, 3.8) is 0 Å². The molecule has 1 saturated heterocycles. The monoisotopic (exact) mass is 284 g/mol. The van der Waals surface area contributed by atoms with Crippen molar-refractivity contribution in [3.05, 3.63) is 10.1 Å². The average molecular weight is 284 g/mol. The highest BCUT2D eigenvalue weighted by Gasteiger charge is 2.29. The highest BCUT2D eigenvalue weighted by Crippen LogP contribution is 2.31. The molecular formula is C8H8N6O6. The zero-order valence-corrected chi connectivity index (χ0v) is 9.96. The first kappa shape index (κ1) is 12.3. The third-order valence-corrected chi connectivity index (χ3v) is 2.56. The third-order valence-electron chi connectivity index (χ3n) is 2.56. The zero-order valence-electron chi connectivity index (χ0n) is 9.96. The minimum Gasteiger partial charge on any atom is -0.405 e. The van der Waals surface area contributed by atoms with Crippen LogP contribution >= 0.6 is 0 Å². The molecule has 0 radical (unpaired) electrons. The van der Waals surface area contributed by atoms with Crippen LogP contribution < -0.4 is 9.64 Å². The number of hydrogen-bond acceptors (Lipinski definition) is 11. The van der Waals surface area contributed by atoms with Crippen molar-refractivity contribution < 1.29 is 23.7 Å². The number of anilines is 1. The van der Waals surface area contributed by atoms with Crippen molar-refractivity contribution in [2.45, 2.75) is 0 Å². The van der Waals surface area contributed by atoms with Gasteiger partial charge in [-0.05, 0) is 15.2 Å². The van der Waals surface area contributed by atoms with Gasteiger partial charge in [0.2, 0.25) is 5.82 Å². The molecule has 20 heavy (non-hydrogen) atoms. The fraction of sp³-hybridized carbons (Fsp3) is 0.500. The van der Waals surface area contributed by atoms with E-state index in [1.54, 1.807) is 0 Å². The fourth-order valence-corrected chi connectivity index (χ4v) is 1.65. The summed E-state index contributed by atoms with van der Waals surface area (Å²) in [6.07, 6.45) is 0. The second-order valence-corrected chi connectivity index (χ2v) is 3.74. The molecule has 0 amide bonds. The predicted molar refractivity (Wildman–Crippen MR) is 58.4 cm³/mol. The van der Waals surface area contributed by atoms with Gasteiger partial charge in [0.15, 0.2) is 5.16 Å². The van der Waals surface area contributed by atoms with Crippen LogP contribution in [0.25, 0.3) is 0 Å². The first-order valence-electron chi connectivity index (χ1n) is 5.56. The molecule has 1 aliphatic rings.